The highest BCUT2D eigenvalue weighted by molar-refractivity contribution is 5.63. The van der Waals surface area contributed by atoms with Crippen LogP contribution in [0, 0.1) is 13.8 Å². The second-order valence-corrected chi connectivity index (χ2v) is 6.76. The van der Waals surface area contributed by atoms with Crippen LogP contribution in [0.4, 0.5) is 23.1 Å². The van der Waals surface area contributed by atoms with E-state index in [4.69, 9.17) is 0 Å². The van der Waals surface area contributed by atoms with E-state index in [1.807, 2.05) is 43.5 Å². The van der Waals surface area contributed by atoms with Gasteiger partial charge in [0.05, 0.1) is 0 Å². The summed E-state index contributed by atoms with van der Waals surface area (Å²) < 4.78 is 0. The highest BCUT2D eigenvalue weighted by atomic mass is 15.3. The van der Waals surface area contributed by atoms with Crippen molar-refractivity contribution in [3.05, 3.63) is 66.1 Å². The molecular formula is C21H24N6. The molecule has 0 aliphatic carbocycles. The minimum absolute atomic E-state index is 0.774. The fourth-order valence-electron chi connectivity index (χ4n) is 3.33. The molecule has 0 radical (unpaired) electrons. The standard InChI is InChI=1S/C21H24N6/c1-16-7-3-4-8-18(16)25-19-15-21(24-17(2)23-19)27-13-11-26(12-14-27)20-9-5-6-10-22-20/h3-10,15H,11-14H2,1-2H3,(H,23,24,25). The number of anilines is 4. The Morgan fingerprint density at radius 1 is 0.815 bits per heavy atom. The predicted octanol–water partition coefficient (Wildman–Crippen LogP) is 3.56. The number of nitrogens with one attached hydrogen (secondary N) is 1. The van der Waals surface area contributed by atoms with Gasteiger partial charge in [0, 0.05) is 44.1 Å². The van der Waals surface area contributed by atoms with Crippen molar-refractivity contribution in [3.8, 4) is 0 Å². The molecule has 0 unspecified atom stereocenters. The molecule has 0 bridgehead atoms. The predicted molar refractivity (Wildman–Crippen MR) is 110 cm³/mol. The third-order valence-electron chi connectivity index (χ3n) is 4.81. The Morgan fingerprint density at radius 3 is 2.22 bits per heavy atom. The molecule has 6 heteroatoms. The zero-order chi connectivity index (χ0) is 18.6. The van der Waals surface area contributed by atoms with Gasteiger partial charge in [0.15, 0.2) is 0 Å². The summed E-state index contributed by atoms with van der Waals surface area (Å²) in [6, 6.07) is 16.3. The van der Waals surface area contributed by atoms with Crippen LogP contribution in [-0.2, 0) is 0 Å². The first-order valence-corrected chi connectivity index (χ1v) is 9.28. The first-order chi connectivity index (χ1) is 13.2. The van der Waals surface area contributed by atoms with E-state index < -0.39 is 0 Å². The second kappa shape index (κ2) is 7.61. The van der Waals surface area contributed by atoms with E-state index in [0.717, 1.165) is 55.1 Å². The van der Waals surface area contributed by atoms with Crippen LogP contribution in [0.3, 0.4) is 0 Å². The maximum Gasteiger partial charge on any atom is 0.136 e. The van der Waals surface area contributed by atoms with Crippen LogP contribution in [0.2, 0.25) is 0 Å². The molecule has 2 aromatic heterocycles. The molecule has 0 saturated carbocycles. The summed E-state index contributed by atoms with van der Waals surface area (Å²) in [5.74, 6) is 3.62. The Balaban J connectivity index is 1.48. The minimum atomic E-state index is 0.774. The summed E-state index contributed by atoms with van der Waals surface area (Å²) >= 11 is 0. The minimum Gasteiger partial charge on any atom is -0.353 e. The van der Waals surface area contributed by atoms with Crippen LogP contribution in [0.15, 0.2) is 54.7 Å². The zero-order valence-corrected chi connectivity index (χ0v) is 15.8. The third-order valence-corrected chi connectivity index (χ3v) is 4.81. The van der Waals surface area contributed by atoms with E-state index in [9.17, 15) is 0 Å². The number of hydrogen-bond acceptors (Lipinski definition) is 6. The maximum atomic E-state index is 4.66. The van der Waals surface area contributed by atoms with Gasteiger partial charge in [0.2, 0.25) is 0 Å². The summed E-state index contributed by atoms with van der Waals surface area (Å²) in [6.45, 7) is 7.72. The monoisotopic (exact) mass is 360 g/mol. The molecule has 4 rings (SSSR count). The number of benzene rings is 1. The van der Waals surface area contributed by atoms with E-state index in [1.54, 1.807) is 0 Å². The van der Waals surface area contributed by atoms with Crippen molar-refractivity contribution in [2.75, 3.05) is 41.3 Å². The molecule has 6 nitrogen and oxygen atoms in total. The van der Waals surface area contributed by atoms with Crippen LogP contribution < -0.4 is 15.1 Å². The average molecular weight is 360 g/mol. The van der Waals surface area contributed by atoms with Gasteiger partial charge in [0.25, 0.3) is 0 Å². The number of nitrogens with zero attached hydrogens (tertiary/aromatic N) is 5. The quantitative estimate of drug-likeness (QED) is 0.768. The van der Waals surface area contributed by atoms with E-state index in [1.165, 1.54) is 5.56 Å². The maximum absolute atomic E-state index is 4.66. The van der Waals surface area contributed by atoms with Crippen LogP contribution in [-0.4, -0.2) is 41.1 Å². The number of rotatable bonds is 4. The van der Waals surface area contributed by atoms with Crippen LogP contribution in [0.1, 0.15) is 11.4 Å². The Morgan fingerprint density at radius 2 is 1.52 bits per heavy atom. The lowest BCUT2D eigenvalue weighted by Crippen LogP contribution is -2.47. The van der Waals surface area contributed by atoms with Gasteiger partial charge in [-0.3, -0.25) is 0 Å². The first-order valence-electron chi connectivity index (χ1n) is 9.28. The molecule has 3 heterocycles. The third kappa shape index (κ3) is 4.00. The summed E-state index contributed by atoms with van der Waals surface area (Å²) in [4.78, 5) is 18.3. The molecule has 1 fully saturated rings. The molecule has 0 atom stereocenters. The molecule has 1 N–H and O–H groups in total. The molecule has 0 amide bonds. The van der Waals surface area contributed by atoms with Crippen LogP contribution >= 0.6 is 0 Å². The molecule has 1 aromatic carbocycles. The Labute approximate surface area is 159 Å². The molecule has 27 heavy (non-hydrogen) atoms. The molecule has 1 aliphatic heterocycles. The topological polar surface area (TPSA) is 57.2 Å². The lowest BCUT2D eigenvalue weighted by atomic mass is 10.2. The van der Waals surface area contributed by atoms with Crippen molar-refractivity contribution in [3.63, 3.8) is 0 Å². The number of aryl methyl sites for hydroxylation is 2. The SMILES string of the molecule is Cc1nc(Nc2ccccc2C)cc(N2CCN(c3ccccn3)CC2)n1. The molecule has 1 aliphatic rings. The van der Waals surface area contributed by atoms with Gasteiger partial charge < -0.3 is 15.1 Å². The Hall–Kier alpha value is -3.15. The summed E-state index contributed by atoms with van der Waals surface area (Å²) in [5, 5.41) is 3.43. The largest absolute Gasteiger partial charge is 0.353 e. The highest BCUT2D eigenvalue weighted by Gasteiger charge is 2.20. The van der Waals surface area contributed by atoms with Gasteiger partial charge in [-0.15, -0.1) is 0 Å². The van der Waals surface area contributed by atoms with Gasteiger partial charge in [-0.25, -0.2) is 15.0 Å². The van der Waals surface area contributed by atoms with E-state index >= 15 is 0 Å². The van der Waals surface area contributed by atoms with E-state index in [0.29, 0.717) is 0 Å². The zero-order valence-electron chi connectivity index (χ0n) is 15.8. The molecule has 3 aromatic rings. The fraction of sp³-hybridized carbons (Fsp3) is 0.286. The molecule has 138 valence electrons. The van der Waals surface area contributed by atoms with Gasteiger partial charge >= 0.3 is 0 Å². The van der Waals surface area contributed by atoms with Gasteiger partial charge in [-0.2, -0.15) is 0 Å². The molecular weight excluding hydrogens is 336 g/mol. The van der Waals surface area contributed by atoms with Crippen molar-refractivity contribution >= 4 is 23.1 Å². The van der Waals surface area contributed by atoms with E-state index in [-0.39, 0.29) is 0 Å². The smallest absolute Gasteiger partial charge is 0.136 e. The summed E-state index contributed by atoms with van der Waals surface area (Å²) in [5.41, 5.74) is 2.26. The normalized spacial score (nSPS) is 14.3. The number of piperazine rings is 1. The van der Waals surface area contributed by atoms with Crippen LogP contribution in [0.25, 0.3) is 0 Å². The Kier molecular flexibility index (Phi) is 4.87. The molecule has 0 spiro atoms. The fourth-order valence-corrected chi connectivity index (χ4v) is 3.33. The van der Waals surface area contributed by atoms with E-state index in [2.05, 4.69) is 55.2 Å². The number of para-hydroxylation sites is 1. The lowest BCUT2D eigenvalue weighted by molar-refractivity contribution is 0.640. The second-order valence-electron chi connectivity index (χ2n) is 6.76. The summed E-state index contributed by atoms with van der Waals surface area (Å²) in [6.07, 6.45) is 1.85. The average Bonchev–Trinajstić information content (AvgIpc) is 2.70. The first kappa shape index (κ1) is 17.3. The lowest BCUT2D eigenvalue weighted by Gasteiger charge is -2.36. The van der Waals surface area contributed by atoms with Crippen molar-refractivity contribution in [2.45, 2.75) is 13.8 Å². The summed E-state index contributed by atoms with van der Waals surface area (Å²) in [7, 11) is 0. The highest BCUT2D eigenvalue weighted by Crippen LogP contribution is 2.23. The van der Waals surface area contributed by atoms with Crippen molar-refractivity contribution in [1.29, 1.82) is 0 Å². The van der Waals surface area contributed by atoms with Gasteiger partial charge in [-0.05, 0) is 37.6 Å². The Bertz CT molecular complexity index is 904. The van der Waals surface area contributed by atoms with Gasteiger partial charge in [-0.1, -0.05) is 24.3 Å². The molecule has 1 saturated heterocycles. The van der Waals surface area contributed by atoms with Crippen molar-refractivity contribution in [2.24, 2.45) is 0 Å². The number of pyridine rings is 1. The number of hydrogen-bond donors (Lipinski definition) is 1. The van der Waals surface area contributed by atoms with Crippen LogP contribution in [0.5, 0.6) is 0 Å². The van der Waals surface area contributed by atoms with Gasteiger partial charge in [0.1, 0.15) is 23.3 Å². The van der Waals surface area contributed by atoms with Crippen molar-refractivity contribution < 1.29 is 0 Å². The number of aromatic nitrogens is 3. The van der Waals surface area contributed by atoms with Crippen molar-refractivity contribution in [1.82, 2.24) is 15.0 Å².